The molecule has 0 saturated carbocycles. The zero-order chi connectivity index (χ0) is 11.2. The molecule has 3 nitrogen and oxygen atoms in total. The molecule has 0 saturated heterocycles. The summed E-state index contributed by atoms with van der Waals surface area (Å²) >= 11 is 1.65. The van der Waals surface area contributed by atoms with Gasteiger partial charge in [-0.05, 0) is 6.07 Å². The van der Waals surface area contributed by atoms with Crippen LogP contribution in [0, 0.1) is 0 Å². The van der Waals surface area contributed by atoms with Gasteiger partial charge in [0.2, 0.25) is 0 Å². The molecule has 4 aromatic rings. The van der Waals surface area contributed by atoms with Gasteiger partial charge in [0.1, 0.15) is 0 Å². The minimum Gasteiger partial charge on any atom is -0.360 e. The summed E-state index contributed by atoms with van der Waals surface area (Å²) in [6.45, 7) is 0. The van der Waals surface area contributed by atoms with E-state index < -0.39 is 0 Å². The molecule has 1 aromatic carbocycles. The number of fused-ring (bicyclic) bond motifs is 2. The number of rotatable bonds is 1. The van der Waals surface area contributed by atoms with Gasteiger partial charge in [-0.15, -0.1) is 11.3 Å². The lowest BCUT2D eigenvalue weighted by Gasteiger charge is -1.92. The third kappa shape index (κ3) is 1.24. The van der Waals surface area contributed by atoms with Crippen LogP contribution in [0.25, 0.3) is 27.1 Å². The topological polar surface area (TPSA) is 33.1 Å². The molecule has 4 heteroatoms. The number of hydrogen-bond acceptors (Lipinski definition) is 2. The van der Waals surface area contributed by atoms with E-state index in [1.165, 1.54) is 5.39 Å². The minimum absolute atomic E-state index is 1.02. The van der Waals surface area contributed by atoms with Gasteiger partial charge in [-0.3, -0.25) is 4.40 Å². The van der Waals surface area contributed by atoms with E-state index in [1.54, 1.807) is 11.3 Å². The van der Waals surface area contributed by atoms with Crippen molar-refractivity contribution in [2.75, 3.05) is 0 Å². The molecule has 0 fully saturated rings. The van der Waals surface area contributed by atoms with Crippen LogP contribution in [0.5, 0.6) is 0 Å². The van der Waals surface area contributed by atoms with E-state index in [0.29, 0.717) is 0 Å². The molecule has 82 valence electrons. The van der Waals surface area contributed by atoms with Crippen LogP contribution in [0.2, 0.25) is 0 Å². The maximum Gasteiger partial charge on any atom is 0.194 e. The fourth-order valence-corrected chi connectivity index (χ4v) is 2.84. The zero-order valence-corrected chi connectivity index (χ0v) is 9.74. The highest BCUT2D eigenvalue weighted by atomic mass is 32.1. The maximum absolute atomic E-state index is 4.63. The summed E-state index contributed by atoms with van der Waals surface area (Å²) in [5.41, 5.74) is 3.34. The number of nitrogens with one attached hydrogen (secondary N) is 1. The van der Waals surface area contributed by atoms with Crippen LogP contribution in [0.3, 0.4) is 0 Å². The third-order valence-electron chi connectivity index (χ3n) is 2.96. The summed E-state index contributed by atoms with van der Waals surface area (Å²) in [6, 6.07) is 8.29. The lowest BCUT2D eigenvalue weighted by molar-refractivity contribution is 1.23. The van der Waals surface area contributed by atoms with Gasteiger partial charge < -0.3 is 4.98 Å². The molecule has 3 aromatic heterocycles. The number of benzene rings is 1. The average Bonchev–Trinajstić information content (AvgIpc) is 3.01. The molecule has 0 aliphatic rings. The Morgan fingerprint density at radius 2 is 2.18 bits per heavy atom. The van der Waals surface area contributed by atoms with Gasteiger partial charge in [0.05, 0.1) is 5.69 Å². The van der Waals surface area contributed by atoms with Crippen LogP contribution in [-0.2, 0) is 0 Å². The normalized spacial score (nSPS) is 11.5. The van der Waals surface area contributed by atoms with Gasteiger partial charge in [0, 0.05) is 40.4 Å². The Morgan fingerprint density at radius 3 is 3.12 bits per heavy atom. The molecular weight excluding hydrogens is 230 g/mol. The van der Waals surface area contributed by atoms with Crippen molar-refractivity contribution in [1.82, 2.24) is 14.4 Å². The maximum atomic E-state index is 4.63. The number of aromatic amines is 1. The number of imidazole rings is 1. The zero-order valence-electron chi connectivity index (χ0n) is 8.92. The fourth-order valence-electron chi connectivity index (χ4n) is 2.14. The highest BCUT2D eigenvalue weighted by Crippen LogP contribution is 2.28. The van der Waals surface area contributed by atoms with E-state index in [-0.39, 0.29) is 0 Å². The molecule has 0 atom stereocenters. The van der Waals surface area contributed by atoms with E-state index in [1.807, 2.05) is 23.8 Å². The largest absolute Gasteiger partial charge is 0.360 e. The quantitative estimate of drug-likeness (QED) is 0.541. The molecule has 3 heterocycles. The first-order valence-corrected chi connectivity index (χ1v) is 6.28. The first-order chi connectivity index (χ1) is 8.42. The summed E-state index contributed by atoms with van der Waals surface area (Å²) in [6.07, 6.45) is 6.13. The van der Waals surface area contributed by atoms with Crippen LogP contribution < -0.4 is 0 Å². The van der Waals surface area contributed by atoms with Gasteiger partial charge in [-0.2, -0.15) is 0 Å². The number of para-hydroxylation sites is 1. The molecule has 0 spiro atoms. The SMILES string of the molecule is c1ccc2c(-c3cn4ccsc4n3)c[nH]c2c1. The van der Waals surface area contributed by atoms with Crippen molar-refractivity contribution in [3.8, 4) is 11.3 Å². The van der Waals surface area contributed by atoms with Crippen molar-refractivity contribution in [2.45, 2.75) is 0 Å². The van der Waals surface area contributed by atoms with Crippen LogP contribution in [0.1, 0.15) is 0 Å². The standard InChI is InChI=1S/C13H9N3S/c1-2-4-11-9(3-1)10(7-14-11)12-8-16-5-6-17-13(16)15-12/h1-8,14H. The number of nitrogens with zero attached hydrogens (tertiary/aromatic N) is 2. The Morgan fingerprint density at radius 1 is 1.24 bits per heavy atom. The number of hydrogen-bond donors (Lipinski definition) is 1. The van der Waals surface area contributed by atoms with E-state index in [0.717, 1.165) is 21.7 Å². The molecular formula is C13H9N3S. The number of H-pyrrole nitrogens is 1. The van der Waals surface area contributed by atoms with Crippen molar-refractivity contribution in [2.24, 2.45) is 0 Å². The summed E-state index contributed by atoms with van der Waals surface area (Å²) < 4.78 is 2.06. The van der Waals surface area contributed by atoms with Crippen molar-refractivity contribution in [3.05, 3.63) is 48.2 Å². The Bertz CT molecular complexity index is 778. The first kappa shape index (κ1) is 9.01. The predicted octanol–water partition coefficient (Wildman–Crippen LogP) is 3.54. The smallest absolute Gasteiger partial charge is 0.194 e. The lowest BCUT2D eigenvalue weighted by atomic mass is 10.1. The molecule has 4 rings (SSSR count). The Hall–Kier alpha value is -2.07. The van der Waals surface area contributed by atoms with Gasteiger partial charge in [0.15, 0.2) is 4.96 Å². The number of aromatic nitrogens is 3. The van der Waals surface area contributed by atoms with E-state index in [9.17, 15) is 0 Å². The highest BCUT2D eigenvalue weighted by Gasteiger charge is 2.09. The number of thiazole rings is 1. The summed E-state index contributed by atoms with van der Waals surface area (Å²) in [5.74, 6) is 0. The van der Waals surface area contributed by atoms with E-state index in [4.69, 9.17) is 0 Å². The summed E-state index contributed by atoms with van der Waals surface area (Å²) in [4.78, 5) is 8.94. The van der Waals surface area contributed by atoms with Crippen LogP contribution in [0.15, 0.2) is 48.2 Å². The Kier molecular flexibility index (Phi) is 1.70. The van der Waals surface area contributed by atoms with Crippen molar-refractivity contribution in [3.63, 3.8) is 0 Å². The molecule has 0 radical (unpaired) electrons. The lowest BCUT2D eigenvalue weighted by Crippen LogP contribution is -1.73. The molecule has 1 N–H and O–H groups in total. The first-order valence-electron chi connectivity index (χ1n) is 5.40. The monoisotopic (exact) mass is 239 g/mol. The van der Waals surface area contributed by atoms with E-state index >= 15 is 0 Å². The Labute approximate surface area is 101 Å². The van der Waals surface area contributed by atoms with E-state index in [2.05, 4.69) is 38.8 Å². The van der Waals surface area contributed by atoms with Gasteiger partial charge in [-0.1, -0.05) is 18.2 Å². The molecule has 17 heavy (non-hydrogen) atoms. The molecule has 0 aliphatic heterocycles. The highest BCUT2D eigenvalue weighted by molar-refractivity contribution is 7.15. The second kappa shape index (κ2) is 3.21. The van der Waals surface area contributed by atoms with Crippen molar-refractivity contribution < 1.29 is 0 Å². The van der Waals surface area contributed by atoms with Gasteiger partial charge in [0.25, 0.3) is 0 Å². The van der Waals surface area contributed by atoms with Gasteiger partial charge in [-0.25, -0.2) is 4.98 Å². The molecule has 0 unspecified atom stereocenters. The minimum atomic E-state index is 1.02. The second-order valence-electron chi connectivity index (χ2n) is 3.97. The van der Waals surface area contributed by atoms with Crippen molar-refractivity contribution >= 4 is 27.2 Å². The van der Waals surface area contributed by atoms with Crippen LogP contribution in [0.4, 0.5) is 0 Å². The average molecular weight is 239 g/mol. The third-order valence-corrected chi connectivity index (χ3v) is 3.73. The second-order valence-corrected chi connectivity index (χ2v) is 4.84. The summed E-state index contributed by atoms with van der Waals surface area (Å²) in [5, 5.41) is 3.26. The molecule has 0 bridgehead atoms. The molecule has 0 amide bonds. The predicted molar refractivity (Wildman–Crippen MR) is 70.4 cm³/mol. The van der Waals surface area contributed by atoms with Crippen LogP contribution in [-0.4, -0.2) is 14.4 Å². The van der Waals surface area contributed by atoms with Crippen LogP contribution >= 0.6 is 11.3 Å². The summed E-state index contributed by atoms with van der Waals surface area (Å²) in [7, 11) is 0. The Balaban J connectivity index is 2.02. The van der Waals surface area contributed by atoms with Crippen molar-refractivity contribution in [1.29, 1.82) is 0 Å². The molecule has 0 aliphatic carbocycles. The fraction of sp³-hybridized carbons (Fsp3) is 0. The van der Waals surface area contributed by atoms with Gasteiger partial charge >= 0.3 is 0 Å².